The Labute approximate surface area is 158 Å². The van der Waals surface area contributed by atoms with Crippen molar-refractivity contribution in [2.45, 2.75) is 66.3 Å². The zero-order valence-electron chi connectivity index (χ0n) is 16.9. The fraction of sp³-hybridized carbons (Fsp3) is 0.545. The van der Waals surface area contributed by atoms with Gasteiger partial charge in [0.2, 0.25) is 0 Å². The van der Waals surface area contributed by atoms with Crippen LogP contribution < -0.4 is 0 Å². The van der Waals surface area contributed by atoms with Crippen LogP contribution in [0, 0.1) is 5.92 Å². The van der Waals surface area contributed by atoms with E-state index in [1.54, 1.807) is 0 Å². The minimum atomic E-state index is 0.144. The smallest absolute Gasteiger partial charge is 0.254 e. The molecule has 1 aromatic carbocycles. The summed E-state index contributed by atoms with van der Waals surface area (Å²) in [5, 5.41) is 7.20. The van der Waals surface area contributed by atoms with Gasteiger partial charge in [0.05, 0.1) is 6.20 Å². The van der Waals surface area contributed by atoms with E-state index in [2.05, 4.69) is 43.1 Å². The SMILES string of the molecule is CC.CCN(C(=O)c1ccc(CC(C)C)cc1)C1CCc2[nH]ncc2C1. The van der Waals surface area contributed by atoms with Crippen LogP contribution in [-0.2, 0) is 19.3 Å². The molecule has 1 aliphatic carbocycles. The molecule has 4 heteroatoms. The van der Waals surface area contributed by atoms with Gasteiger partial charge in [-0.15, -0.1) is 0 Å². The Kier molecular flexibility index (Phi) is 7.43. The van der Waals surface area contributed by atoms with E-state index in [4.69, 9.17) is 0 Å². The molecule has 0 aliphatic heterocycles. The normalized spacial score (nSPS) is 15.8. The van der Waals surface area contributed by atoms with Gasteiger partial charge in [-0.05, 0) is 61.8 Å². The molecule has 1 amide bonds. The van der Waals surface area contributed by atoms with Gasteiger partial charge >= 0.3 is 0 Å². The zero-order valence-corrected chi connectivity index (χ0v) is 16.9. The van der Waals surface area contributed by atoms with Gasteiger partial charge in [-0.1, -0.05) is 39.8 Å². The van der Waals surface area contributed by atoms with Crippen molar-refractivity contribution in [1.29, 1.82) is 0 Å². The van der Waals surface area contributed by atoms with Crippen LogP contribution in [0.25, 0.3) is 0 Å². The van der Waals surface area contributed by atoms with Crippen LogP contribution in [0.5, 0.6) is 0 Å². The summed E-state index contributed by atoms with van der Waals surface area (Å²) in [7, 11) is 0. The number of fused-ring (bicyclic) bond motifs is 1. The molecule has 0 saturated carbocycles. The van der Waals surface area contributed by atoms with Crippen molar-refractivity contribution >= 4 is 5.91 Å². The van der Waals surface area contributed by atoms with E-state index < -0.39 is 0 Å². The second-order valence-electron chi connectivity index (χ2n) is 7.16. The first kappa shape index (κ1) is 20.2. The summed E-state index contributed by atoms with van der Waals surface area (Å²) in [6, 6.07) is 8.42. The van der Waals surface area contributed by atoms with Crippen molar-refractivity contribution < 1.29 is 4.79 Å². The van der Waals surface area contributed by atoms with E-state index in [-0.39, 0.29) is 11.9 Å². The van der Waals surface area contributed by atoms with E-state index in [9.17, 15) is 4.79 Å². The summed E-state index contributed by atoms with van der Waals surface area (Å²) in [5.41, 5.74) is 4.57. The Hall–Kier alpha value is -2.10. The summed E-state index contributed by atoms with van der Waals surface area (Å²) < 4.78 is 0. The highest BCUT2D eigenvalue weighted by Gasteiger charge is 2.28. The van der Waals surface area contributed by atoms with Crippen LogP contribution in [0.1, 0.15) is 68.2 Å². The fourth-order valence-electron chi connectivity index (χ4n) is 3.65. The maximum Gasteiger partial charge on any atom is 0.254 e. The molecule has 0 bridgehead atoms. The van der Waals surface area contributed by atoms with E-state index >= 15 is 0 Å². The Morgan fingerprint density at radius 2 is 1.96 bits per heavy atom. The number of hydrogen-bond donors (Lipinski definition) is 1. The molecule has 0 spiro atoms. The monoisotopic (exact) mass is 355 g/mol. The summed E-state index contributed by atoms with van der Waals surface area (Å²) in [6.45, 7) is 11.2. The van der Waals surface area contributed by atoms with Crippen molar-refractivity contribution in [1.82, 2.24) is 15.1 Å². The second-order valence-corrected chi connectivity index (χ2v) is 7.16. The molecular weight excluding hydrogens is 322 g/mol. The van der Waals surface area contributed by atoms with Crippen LogP contribution in [0.3, 0.4) is 0 Å². The summed E-state index contributed by atoms with van der Waals surface area (Å²) in [5.74, 6) is 0.774. The van der Waals surface area contributed by atoms with Crippen LogP contribution >= 0.6 is 0 Å². The Balaban J connectivity index is 0.00000117. The Bertz CT molecular complexity index is 688. The third-order valence-electron chi connectivity index (χ3n) is 4.88. The number of carbonyl (C=O) groups excluding carboxylic acids is 1. The van der Waals surface area contributed by atoms with Gasteiger partial charge in [0.15, 0.2) is 0 Å². The van der Waals surface area contributed by atoms with Crippen LogP contribution in [0.4, 0.5) is 0 Å². The number of benzene rings is 1. The average Bonchev–Trinajstić information content (AvgIpc) is 3.12. The van der Waals surface area contributed by atoms with Gasteiger partial charge in [0.1, 0.15) is 0 Å². The van der Waals surface area contributed by atoms with Crippen molar-refractivity contribution in [3.63, 3.8) is 0 Å². The lowest BCUT2D eigenvalue weighted by Crippen LogP contribution is -2.43. The number of H-pyrrole nitrogens is 1. The molecule has 142 valence electrons. The first-order valence-electron chi connectivity index (χ1n) is 9.99. The van der Waals surface area contributed by atoms with Gasteiger partial charge in [0.25, 0.3) is 5.91 Å². The number of hydrogen-bond acceptors (Lipinski definition) is 2. The van der Waals surface area contributed by atoms with Crippen molar-refractivity contribution in [2.75, 3.05) is 6.54 Å². The van der Waals surface area contributed by atoms with Gasteiger partial charge in [-0.25, -0.2) is 0 Å². The van der Waals surface area contributed by atoms with E-state index in [0.29, 0.717) is 5.92 Å². The molecule has 0 fully saturated rings. The highest BCUT2D eigenvalue weighted by molar-refractivity contribution is 5.94. The van der Waals surface area contributed by atoms with Gasteiger partial charge in [-0.3, -0.25) is 9.89 Å². The predicted molar refractivity (Wildman–Crippen MR) is 107 cm³/mol. The maximum atomic E-state index is 13.0. The van der Waals surface area contributed by atoms with Crippen molar-refractivity contribution in [2.24, 2.45) is 5.92 Å². The largest absolute Gasteiger partial charge is 0.336 e. The van der Waals surface area contributed by atoms with E-state index in [1.165, 1.54) is 16.8 Å². The van der Waals surface area contributed by atoms with Crippen LogP contribution in [0.2, 0.25) is 0 Å². The molecule has 1 unspecified atom stereocenters. The number of amides is 1. The number of aryl methyl sites for hydroxylation is 1. The lowest BCUT2D eigenvalue weighted by molar-refractivity contribution is 0.0674. The lowest BCUT2D eigenvalue weighted by Gasteiger charge is -2.33. The van der Waals surface area contributed by atoms with Gasteiger partial charge < -0.3 is 4.90 Å². The zero-order chi connectivity index (χ0) is 19.1. The number of likely N-dealkylation sites (N-methyl/N-ethyl adjacent to an activating group) is 1. The molecule has 1 N–H and O–H groups in total. The lowest BCUT2D eigenvalue weighted by atomic mass is 9.92. The maximum absolute atomic E-state index is 13.0. The average molecular weight is 356 g/mol. The number of rotatable bonds is 5. The van der Waals surface area contributed by atoms with Crippen molar-refractivity contribution in [3.05, 3.63) is 52.8 Å². The first-order valence-corrected chi connectivity index (χ1v) is 9.99. The minimum Gasteiger partial charge on any atom is -0.336 e. The molecule has 0 saturated heterocycles. The standard InChI is InChI=1S/C20H27N3O.C2H6/c1-4-23(18-9-10-19-17(12-18)13-21-22-19)20(24)16-7-5-15(6-8-16)11-14(2)3;1-2/h5-8,13-14,18H,4,9-12H2,1-3H3,(H,21,22);1-2H3. The topological polar surface area (TPSA) is 49.0 Å². The van der Waals surface area contributed by atoms with E-state index in [1.807, 2.05) is 37.1 Å². The Morgan fingerprint density at radius 1 is 1.27 bits per heavy atom. The number of aromatic nitrogens is 2. The highest BCUT2D eigenvalue weighted by Crippen LogP contribution is 2.24. The molecule has 2 aromatic rings. The molecule has 4 nitrogen and oxygen atoms in total. The molecule has 1 atom stereocenters. The van der Waals surface area contributed by atoms with Gasteiger partial charge in [0, 0.05) is 23.8 Å². The number of nitrogens with zero attached hydrogens (tertiary/aromatic N) is 2. The summed E-state index contributed by atoms with van der Waals surface area (Å²) in [6.07, 6.45) is 5.83. The predicted octanol–water partition coefficient (Wildman–Crippen LogP) is 4.65. The first-order chi connectivity index (χ1) is 12.6. The molecular formula is C22H33N3O. The summed E-state index contributed by atoms with van der Waals surface area (Å²) >= 11 is 0. The number of nitrogens with one attached hydrogen (secondary N) is 1. The molecule has 1 aliphatic rings. The van der Waals surface area contributed by atoms with Crippen molar-refractivity contribution in [3.8, 4) is 0 Å². The Morgan fingerprint density at radius 3 is 2.58 bits per heavy atom. The molecule has 1 heterocycles. The number of carbonyl (C=O) groups is 1. The van der Waals surface area contributed by atoms with Gasteiger partial charge in [-0.2, -0.15) is 5.10 Å². The molecule has 0 radical (unpaired) electrons. The quantitative estimate of drug-likeness (QED) is 0.848. The highest BCUT2D eigenvalue weighted by atomic mass is 16.2. The third kappa shape index (κ3) is 4.75. The molecule has 3 rings (SSSR count). The molecule has 1 aromatic heterocycles. The second kappa shape index (κ2) is 9.56. The van der Waals surface area contributed by atoms with Crippen LogP contribution in [-0.4, -0.2) is 33.6 Å². The van der Waals surface area contributed by atoms with E-state index in [0.717, 1.165) is 37.8 Å². The third-order valence-corrected chi connectivity index (χ3v) is 4.88. The van der Waals surface area contributed by atoms with Crippen LogP contribution in [0.15, 0.2) is 30.5 Å². The number of aromatic amines is 1. The molecule has 26 heavy (non-hydrogen) atoms. The minimum absolute atomic E-state index is 0.144. The summed E-state index contributed by atoms with van der Waals surface area (Å²) in [4.78, 5) is 15.0. The fourth-order valence-corrected chi connectivity index (χ4v) is 3.65.